The Hall–Kier alpha value is -1.10. The number of hydrogen-bond donors (Lipinski definition) is 3. The largest absolute Gasteiger partial charge is 0.391 e. The lowest BCUT2D eigenvalue weighted by Crippen LogP contribution is -2.39. The van der Waals surface area contributed by atoms with E-state index in [1.54, 1.807) is 0 Å². The number of aliphatic hydroxyl groups excluding tert-OH is 1. The minimum atomic E-state index is -0.289. The number of fused-ring (bicyclic) bond motifs is 1. The minimum Gasteiger partial charge on any atom is -0.391 e. The predicted molar refractivity (Wildman–Crippen MR) is 74.3 cm³/mol. The van der Waals surface area contributed by atoms with E-state index in [4.69, 9.17) is 0 Å². The van der Waals surface area contributed by atoms with E-state index in [0.29, 0.717) is 6.54 Å². The summed E-state index contributed by atoms with van der Waals surface area (Å²) in [5.74, 6) is 0.240. The quantitative estimate of drug-likeness (QED) is 0.738. The maximum absolute atomic E-state index is 10.1. The Morgan fingerprint density at radius 3 is 3.00 bits per heavy atom. The van der Waals surface area contributed by atoms with Gasteiger partial charge >= 0.3 is 0 Å². The highest BCUT2D eigenvalue weighted by Gasteiger charge is 2.25. The molecule has 0 bridgehead atoms. The first kappa shape index (κ1) is 13.3. The normalized spacial score (nSPS) is 23.9. The Bertz CT molecular complexity index is 540. The molecule has 1 aliphatic rings. The fourth-order valence-electron chi connectivity index (χ4n) is 2.73. The third-order valence-electron chi connectivity index (χ3n) is 3.68. The van der Waals surface area contributed by atoms with E-state index >= 15 is 0 Å². The van der Waals surface area contributed by atoms with Gasteiger partial charge in [-0.05, 0) is 43.1 Å². The lowest BCUT2D eigenvalue weighted by atomic mass is 9.85. The number of benzene rings is 1. The maximum atomic E-state index is 10.1. The molecular formula is C13H18ClN3O. The van der Waals surface area contributed by atoms with Crippen molar-refractivity contribution in [2.45, 2.75) is 25.4 Å². The average Bonchev–Trinajstić information content (AvgIpc) is 2.76. The van der Waals surface area contributed by atoms with Gasteiger partial charge in [0.1, 0.15) is 0 Å². The average molecular weight is 268 g/mol. The van der Waals surface area contributed by atoms with Crippen molar-refractivity contribution in [2.75, 3.05) is 13.1 Å². The van der Waals surface area contributed by atoms with Gasteiger partial charge < -0.3 is 10.4 Å². The SMILES string of the molecule is Cc1cc2cn[nH]c2cc1[C@@H]1CCNC[C@@H]1O.Cl. The smallest absolute Gasteiger partial charge is 0.0733 e. The first-order valence-electron chi connectivity index (χ1n) is 6.08. The molecule has 5 heteroatoms. The highest BCUT2D eigenvalue weighted by atomic mass is 35.5. The molecule has 0 unspecified atom stereocenters. The number of aryl methyl sites for hydroxylation is 1. The van der Waals surface area contributed by atoms with Crippen LogP contribution in [-0.2, 0) is 0 Å². The maximum Gasteiger partial charge on any atom is 0.0733 e. The van der Waals surface area contributed by atoms with Crippen LogP contribution in [-0.4, -0.2) is 34.5 Å². The van der Waals surface area contributed by atoms with E-state index in [2.05, 4.69) is 34.6 Å². The van der Waals surface area contributed by atoms with Crippen LogP contribution >= 0.6 is 12.4 Å². The molecule has 1 fully saturated rings. The summed E-state index contributed by atoms with van der Waals surface area (Å²) in [6, 6.07) is 4.28. The monoisotopic (exact) mass is 267 g/mol. The summed E-state index contributed by atoms with van der Waals surface area (Å²) < 4.78 is 0. The molecule has 0 spiro atoms. The molecule has 1 saturated heterocycles. The molecule has 18 heavy (non-hydrogen) atoms. The number of nitrogens with zero attached hydrogens (tertiary/aromatic N) is 1. The van der Waals surface area contributed by atoms with Gasteiger partial charge in [0.25, 0.3) is 0 Å². The van der Waals surface area contributed by atoms with Gasteiger partial charge in [0.05, 0.1) is 17.8 Å². The van der Waals surface area contributed by atoms with Gasteiger partial charge in [-0.1, -0.05) is 0 Å². The molecule has 4 nitrogen and oxygen atoms in total. The van der Waals surface area contributed by atoms with Gasteiger partial charge in [0, 0.05) is 17.8 Å². The molecule has 2 atom stereocenters. The second-order valence-corrected chi connectivity index (χ2v) is 4.83. The van der Waals surface area contributed by atoms with Crippen LogP contribution in [0.2, 0.25) is 0 Å². The summed E-state index contributed by atoms with van der Waals surface area (Å²) in [6.45, 7) is 3.77. The van der Waals surface area contributed by atoms with E-state index in [1.807, 2.05) is 6.20 Å². The van der Waals surface area contributed by atoms with Crippen LogP contribution in [0.4, 0.5) is 0 Å². The second-order valence-electron chi connectivity index (χ2n) is 4.83. The molecule has 3 N–H and O–H groups in total. The zero-order chi connectivity index (χ0) is 11.8. The van der Waals surface area contributed by atoms with E-state index in [-0.39, 0.29) is 24.4 Å². The molecule has 0 amide bonds. The molecular weight excluding hydrogens is 250 g/mol. The zero-order valence-electron chi connectivity index (χ0n) is 10.3. The second kappa shape index (κ2) is 5.26. The predicted octanol–water partition coefficient (Wildman–Crippen LogP) is 1.73. The van der Waals surface area contributed by atoms with Crippen LogP contribution in [0.5, 0.6) is 0 Å². The minimum absolute atomic E-state index is 0. The standard InChI is InChI=1S/C13H17N3O.ClH/c1-8-4-9-6-15-16-12(9)5-11(8)10-2-3-14-7-13(10)17;/h4-6,10,13-14,17H,2-3,7H2,1H3,(H,15,16);1H/t10-,13-;/m0./s1. The summed E-state index contributed by atoms with van der Waals surface area (Å²) >= 11 is 0. The Labute approximate surface area is 112 Å². The van der Waals surface area contributed by atoms with Crippen molar-refractivity contribution in [3.63, 3.8) is 0 Å². The number of piperidine rings is 1. The molecule has 1 aromatic heterocycles. The number of aromatic amines is 1. The van der Waals surface area contributed by atoms with Crippen LogP contribution in [0.15, 0.2) is 18.3 Å². The number of H-pyrrole nitrogens is 1. The molecule has 98 valence electrons. The molecule has 1 aromatic carbocycles. The van der Waals surface area contributed by atoms with Crippen LogP contribution < -0.4 is 5.32 Å². The van der Waals surface area contributed by atoms with Gasteiger partial charge in [0.2, 0.25) is 0 Å². The summed E-state index contributed by atoms with van der Waals surface area (Å²) in [7, 11) is 0. The fraction of sp³-hybridized carbons (Fsp3) is 0.462. The number of halogens is 1. The Morgan fingerprint density at radius 2 is 2.22 bits per heavy atom. The summed E-state index contributed by atoms with van der Waals surface area (Å²) in [4.78, 5) is 0. The van der Waals surface area contributed by atoms with Crippen LogP contribution in [0.1, 0.15) is 23.5 Å². The zero-order valence-corrected chi connectivity index (χ0v) is 11.1. The van der Waals surface area contributed by atoms with Crippen LogP contribution in [0.3, 0.4) is 0 Å². The van der Waals surface area contributed by atoms with Crippen molar-refractivity contribution in [1.82, 2.24) is 15.5 Å². The van der Waals surface area contributed by atoms with Crippen molar-refractivity contribution < 1.29 is 5.11 Å². The number of nitrogens with one attached hydrogen (secondary N) is 2. The lowest BCUT2D eigenvalue weighted by molar-refractivity contribution is 0.118. The van der Waals surface area contributed by atoms with Crippen molar-refractivity contribution >= 4 is 23.3 Å². The molecule has 0 radical (unpaired) electrons. The van der Waals surface area contributed by atoms with E-state index in [1.165, 1.54) is 11.1 Å². The number of rotatable bonds is 1. The van der Waals surface area contributed by atoms with Crippen molar-refractivity contribution in [3.8, 4) is 0 Å². The fourth-order valence-corrected chi connectivity index (χ4v) is 2.73. The number of hydrogen-bond acceptors (Lipinski definition) is 3. The van der Waals surface area contributed by atoms with Gasteiger partial charge in [-0.25, -0.2) is 0 Å². The molecule has 0 saturated carbocycles. The van der Waals surface area contributed by atoms with Crippen LogP contribution in [0, 0.1) is 6.92 Å². The van der Waals surface area contributed by atoms with Crippen molar-refractivity contribution in [1.29, 1.82) is 0 Å². The Morgan fingerprint density at radius 1 is 1.39 bits per heavy atom. The van der Waals surface area contributed by atoms with Gasteiger partial charge in [-0.15, -0.1) is 12.4 Å². The van der Waals surface area contributed by atoms with E-state index < -0.39 is 0 Å². The first-order valence-corrected chi connectivity index (χ1v) is 6.08. The molecule has 3 rings (SSSR count). The first-order chi connectivity index (χ1) is 8.25. The summed E-state index contributed by atoms with van der Waals surface area (Å²) in [5, 5.41) is 21.5. The van der Waals surface area contributed by atoms with E-state index in [0.717, 1.165) is 23.9 Å². The number of aliphatic hydroxyl groups is 1. The summed E-state index contributed by atoms with van der Waals surface area (Å²) in [5.41, 5.74) is 3.54. The Balaban J connectivity index is 0.00000120. The molecule has 0 aliphatic carbocycles. The van der Waals surface area contributed by atoms with Gasteiger partial charge in [-0.3, -0.25) is 5.10 Å². The highest BCUT2D eigenvalue weighted by Crippen LogP contribution is 2.30. The topological polar surface area (TPSA) is 60.9 Å². The van der Waals surface area contributed by atoms with E-state index in [9.17, 15) is 5.11 Å². The highest BCUT2D eigenvalue weighted by molar-refractivity contribution is 5.85. The molecule has 2 heterocycles. The third-order valence-corrected chi connectivity index (χ3v) is 3.68. The van der Waals surface area contributed by atoms with Gasteiger partial charge in [-0.2, -0.15) is 5.10 Å². The number of β-amino-alcohol motifs (C(OH)–C–C–N with tert-alkyl or cyclic N) is 1. The lowest BCUT2D eigenvalue weighted by Gasteiger charge is -2.29. The molecule has 1 aliphatic heterocycles. The summed E-state index contributed by atoms with van der Waals surface area (Å²) in [6.07, 6.45) is 2.54. The molecule has 2 aromatic rings. The number of aromatic nitrogens is 2. The van der Waals surface area contributed by atoms with Crippen molar-refractivity contribution in [2.24, 2.45) is 0 Å². The third kappa shape index (κ3) is 2.23. The Kier molecular flexibility index (Phi) is 3.90. The van der Waals surface area contributed by atoms with Gasteiger partial charge in [0.15, 0.2) is 0 Å². The van der Waals surface area contributed by atoms with Crippen molar-refractivity contribution in [3.05, 3.63) is 29.5 Å². The van der Waals surface area contributed by atoms with Crippen LogP contribution in [0.25, 0.3) is 10.9 Å².